The Labute approximate surface area is 126 Å². The van der Waals surface area contributed by atoms with Gasteiger partial charge < -0.3 is 16.0 Å². The lowest BCUT2D eigenvalue weighted by molar-refractivity contribution is 0.0882. The molecule has 1 amide bonds. The first-order valence-corrected chi connectivity index (χ1v) is 7.60. The number of hydrogen-bond acceptors (Lipinski definition) is 4. The van der Waals surface area contributed by atoms with E-state index < -0.39 is 5.91 Å². The topological polar surface area (TPSA) is 71.2 Å². The fourth-order valence-electron chi connectivity index (χ4n) is 3.30. The third-order valence-electron chi connectivity index (χ3n) is 4.65. The number of hydrogen-bond donors (Lipinski definition) is 2. The van der Waals surface area contributed by atoms with Gasteiger partial charge in [-0.2, -0.15) is 0 Å². The molecule has 1 saturated carbocycles. The van der Waals surface area contributed by atoms with Crippen LogP contribution in [0.25, 0.3) is 0 Å². The van der Waals surface area contributed by atoms with E-state index in [0.29, 0.717) is 5.69 Å². The maximum Gasteiger partial charge on any atom is 0.267 e. The van der Waals surface area contributed by atoms with Crippen LogP contribution in [0, 0.1) is 5.92 Å². The maximum atomic E-state index is 11.2. The van der Waals surface area contributed by atoms with Gasteiger partial charge in [0, 0.05) is 24.0 Å². The molecule has 2 unspecified atom stereocenters. The molecule has 1 fully saturated rings. The summed E-state index contributed by atoms with van der Waals surface area (Å²) in [5.41, 5.74) is 6.65. The molecular weight excluding hydrogens is 264 g/mol. The Balaban J connectivity index is 2.08. The van der Waals surface area contributed by atoms with Gasteiger partial charge in [-0.25, -0.2) is 0 Å². The van der Waals surface area contributed by atoms with E-state index in [-0.39, 0.29) is 5.54 Å². The van der Waals surface area contributed by atoms with Crippen molar-refractivity contribution in [1.29, 1.82) is 0 Å². The number of carbonyl (C=O) groups is 1. The van der Waals surface area contributed by atoms with Gasteiger partial charge in [0.25, 0.3) is 5.91 Å². The molecule has 21 heavy (non-hydrogen) atoms. The van der Waals surface area contributed by atoms with Crippen molar-refractivity contribution in [3.05, 3.63) is 24.0 Å². The minimum Gasteiger partial charge on any atom is -0.383 e. The Morgan fingerprint density at radius 1 is 1.57 bits per heavy atom. The Bertz CT molecular complexity index is 503. The van der Waals surface area contributed by atoms with Crippen LogP contribution < -0.4 is 11.1 Å². The number of anilines is 1. The van der Waals surface area contributed by atoms with E-state index >= 15 is 0 Å². The van der Waals surface area contributed by atoms with Gasteiger partial charge in [-0.15, -0.1) is 0 Å². The Morgan fingerprint density at radius 3 is 2.95 bits per heavy atom. The molecule has 0 bridgehead atoms. The summed E-state index contributed by atoms with van der Waals surface area (Å²) in [6.45, 7) is 3.20. The molecule has 116 valence electrons. The van der Waals surface area contributed by atoms with Gasteiger partial charge in [0.15, 0.2) is 0 Å². The molecule has 1 aromatic rings. The number of nitrogens with two attached hydrogens (primary N) is 1. The highest BCUT2D eigenvalue weighted by molar-refractivity contribution is 5.91. The van der Waals surface area contributed by atoms with Crippen molar-refractivity contribution in [2.24, 2.45) is 11.7 Å². The summed E-state index contributed by atoms with van der Waals surface area (Å²) in [5.74, 6) is 0.258. The lowest BCUT2D eigenvalue weighted by atomic mass is 9.75. The number of rotatable bonds is 5. The number of aromatic nitrogens is 1. The van der Waals surface area contributed by atoms with Crippen LogP contribution in [0.4, 0.5) is 5.69 Å². The summed E-state index contributed by atoms with van der Waals surface area (Å²) in [7, 11) is 4.31. The molecule has 1 aliphatic rings. The molecule has 0 aromatic carbocycles. The van der Waals surface area contributed by atoms with Crippen LogP contribution in [0.15, 0.2) is 18.3 Å². The average molecular weight is 290 g/mol. The van der Waals surface area contributed by atoms with E-state index in [1.807, 2.05) is 6.07 Å². The molecule has 2 rings (SSSR count). The van der Waals surface area contributed by atoms with Crippen LogP contribution in [-0.4, -0.2) is 42.0 Å². The van der Waals surface area contributed by atoms with Crippen LogP contribution in [0.5, 0.6) is 0 Å². The lowest BCUT2D eigenvalue weighted by Crippen LogP contribution is -2.52. The van der Waals surface area contributed by atoms with Crippen molar-refractivity contribution >= 4 is 11.6 Å². The predicted octanol–water partition coefficient (Wildman–Crippen LogP) is 2.10. The van der Waals surface area contributed by atoms with Crippen molar-refractivity contribution < 1.29 is 4.79 Å². The fraction of sp³-hybridized carbons (Fsp3) is 0.625. The number of likely N-dealkylation sites (N-methyl/N-ethyl adjacent to an activating group) is 1. The minimum absolute atomic E-state index is 0.174. The summed E-state index contributed by atoms with van der Waals surface area (Å²) < 4.78 is 0. The van der Waals surface area contributed by atoms with E-state index in [0.717, 1.165) is 18.2 Å². The zero-order chi connectivity index (χ0) is 15.5. The van der Waals surface area contributed by atoms with Gasteiger partial charge in [-0.3, -0.25) is 9.78 Å². The van der Waals surface area contributed by atoms with E-state index in [2.05, 4.69) is 36.2 Å². The monoisotopic (exact) mass is 290 g/mol. The Hall–Kier alpha value is -1.62. The summed E-state index contributed by atoms with van der Waals surface area (Å²) in [6.07, 6.45) is 6.60. The highest BCUT2D eigenvalue weighted by Crippen LogP contribution is 2.35. The predicted molar refractivity (Wildman–Crippen MR) is 85.3 cm³/mol. The molecule has 5 heteroatoms. The van der Waals surface area contributed by atoms with Gasteiger partial charge in [0.1, 0.15) is 5.69 Å². The molecule has 0 spiro atoms. The second-order valence-corrected chi connectivity index (χ2v) is 6.47. The molecule has 5 nitrogen and oxygen atoms in total. The average Bonchev–Trinajstić information content (AvgIpc) is 2.45. The van der Waals surface area contributed by atoms with Crippen LogP contribution in [0.3, 0.4) is 0 Å². The van der Waals surface area contributed by atoms with Crippen molar-refractivity contribution in [2.45, 2.75) is 38.1 Å². The van der Waals surface area contributed by atoms with E-state index in [1.165, 1.54) is 25.7 Å². The SMILES string of the molecule is CC1CCCC(CNc2ccnc(C(N)=O)c2)(N(C)C)C1. The fourth-order valence-corrected chi connectivity index (χ4v) is 3.30. The third-order valence-corrected chi connectivity index (χ3v) is 4.65. The molecule has 3 N–H and O–H groups in total. The van der Waals surface area contributed by atoms with Gasteiger partial charge in [-0.05, 0) is 45.0 Å². The maximum absolute atomic E-state index is 11.2. The second-order valence-electron chi connectivity index (χ2n) is 6.47. The molecule has 1 heterocycles. The van der Waals surface area contributed by atoms with Gasteiger partial charge in [0.2, 0.25) is 0 Å². The quantitative estimate of drug-likeness (QED) is 0.871. The first kappa shape index (κ1) is 15.8. The first-order valence-electron chi connectivity index (χ1n) is 7.60. The zero-order valence-electron chi connectivity index (χ0n) is 13.2. The normalized spacial score (nSPS) is 25.8. The summed E-state index contributed by atoms with van der Waals surface area (Å²) in [6, 6.07) is 3.60. The molecule has 2 atom stereocenters. The van der Waals surface area contributed by atoms with E-state index in [4.69, 9.17) is 5.73 Å². The van der Waals surface area contributed by atoms with E-state index in [9.17, 15) is 4.79 Å². The molecular formula is C16H26N4O. The van der Waals surface area contributed by atoms with Crippen molar-refractivity contribution in [1.82, 2.24) is 9.88 Å². The minimum atomic E-state index is -0.493. The first-order chi connectivity index (χ1) is 9.93. The number of primary amides is 1. The molecule has 1 aliphatic carbocycles. The number of nitrogens with zero attached hydrogens (tertiary/aromatic N) is 2. The van der Waals surface area contributed by atoms with Gasteiger partial charge in [-0.1, -0.05) is 19.8 Å². The zero-order valence-corrected chi connectivity index (χ0v) is 13.2. The van der Waals surface area contributed by atoms with Gasteiger partial charge >= 0.3 is 0 Å². The number of pyridine rings is 1. The molecule has 0 aliphatic heterocycles. The molecule has 0 saturated heterocycles. The van der Waals surface area contributed by atoms with Crippen molar-refractivity contribution in [3.63, 3.8) is 0 Å². The highest BCUT2D eigenvalue weighted by atomic mass is 16.1. The van der Waals surface area contributed by atoms with Crippen LogP contribution in [-0.2, 0) is 0 Å². The molecule has 1 aromatic heterocycles. The standard InChI is InChI=1S/C16H26N4O/c1-12-5-4-7-16(10-12,20(2)3)11-19-13-6-8-18-14(9-13)15(17)21/h6,8-9,12H,4-5,7,10-11H2,1-3H3,(H2,17,21)(H,18,19). The van der Waals surface area contributed by atoms with Crippen LogP contribution >= 0.6 is 0 Å². The van der Waals surface area contributed by atoms with Crippen LogP contribution in [0.2, 0.25) is 0 Å². The van der Waals surface area contributed by atoms with E-state index in [1.54, 1.807) is 12.3 Å². The lowest BCUT2D eigenvalue weighted by Gasteiger charge is -2.45. The number of amides is 1. The van der Waals surface area contributed by atoms with Crippen molar-refractivity contribution in [2.75, 3.05) is 26.0 Å². The van der Waals surface area contributed by atoms with Crippen LogP contribution in [0.1, 0.15) is 43.1 Å². The Morgan fingerprint density at radius 2 is 2.33 bits per heavy atom. The third kappa shape index (κ3) is 3.73. The second kappa shape index (κ2) is 6.43. The summed E-state index contributed by atoms with van der Waals surface area (Å²) in [5, 5.41) is 3.46. The van der Waals surface area contributed by atoms with Crippen molar-refractivity contribution in [3.8, 4) is 0 Å². The smallest absolute Gasteiger partial charge is 0.267 e. The summed E-state index contributed by atoms with van der Waals surface area (Å²) >= 11 is 0. The number of nitrogens with one attached hydrogen (secondary N) is 1. The summed E-state index contributed by atoms with van der Waals surface area (Å²) in [4.78, 5) is 17.5. The molecule has 0 radical (unpaired) electrons. The highest BCUT2D eigenvalue weighted by Gasteiger charge is 2.36. The largest absolute Gasteiger partial charge is 0.383 e. The Kier molecular flexibility index (Phi) is 4.83. The van der Waals surface area contributed by atoms with Gasteiger partial charge in [0.05, 0.1) is 0 Å². The number of carbonyl (C=O) groups excluding carboxylic acids is 1.